The van der Waals surface area contributed by atoms with Gasteiger partial charge in [0, 0.05) is 43.9 Å². The third-order valence-electron chi connectivity index (χ3n) is 3.29. The summed E-state index contributed by atoms with van der Waals surface area (Å²) in [5.74, 6) is 0. The van der Waals surface area contributed by atoms with Crippen molar-refractivity contribution in [3.63, 3.8) is 0 Å². The van der Waals surface area contributed by atoms with E-state index in [1.807, 2.05) is 25.6 Å². The van der Waals surface area contributed by atoms with Gasteiger partial charge in [-0.05, 0) is 37.7 Å². The van der Waals surface area contributed by atoms with Crippen LogP contribution < -0.4 is 10.0 Å². The summed E-state index contributed by atoms with van der Waals surface area (Å²) in [5.41, 5.74) is 1.79. The topological polar surface area (TPSA) is 76.0 Å². The monoisotopic (exact) mass is 308 g/mol. The number of aromatic nitrogens is 2. The molecule has 6 nitrogen and oxygen atoms in total. The van der Waals surface area contributed by atoms with Crippen LogP contribution in [0.2, 0.25) is 0 Å². The molecular weight excluding hydrogens is 288 g/mol. The molecule has 0 aromatic carbocycles. The summed E-state index contributed by atoms with van der Waals surface area (Å²) in [6, 6.07) is 4.96. The summed E-state index contributed by atoms with van der Waals surface area (Å²) in [4.78, 5) is 4.20. The van der Waals surface area contributed by atoms with Gasteiger partial charge in [0.25, 0.3) is 0 Å². The number of hydrogen-bond acceptors (Lipinski definition) is 4. The van der Waals surface area contributed by atoms with Crippen molar-refractivity contribution in [1.82, 2.24) is 19.6 Å². The molecule has 2 aromatic rings. The second-order valence-corrected chi connectivity index (χ2v) is 6.65. The second kappa shape index (κ2) is 6.38. The maximum Gasteiger partial charge on any atom is 0.242 e. The normalized spacial score (nSPS) is 13.3. The molecule has 0 fully saturated rings. The first kappa shape index (κ1) is 15.7. The quantitative estimate of drug-likeness (QED) is 0.840. The minimum Gasteiger partial charge on any atom is -0.352 e. The standard InChI is InChI=1S/C14H20N4O2S/c1-11(12-4-6-16-7-5-12)17-21(19,20)14-8-13(9-15-2)18(3)10-14/h4-8,10-11,15,17H,9H2,1-3H3. The zero-order valence-electron chi connectivity index (χ0n) is 12.4. The Morgan fingerprint density at radius 1 is 1.33 bits per heavy atom. The minimum absolute atomic E-state index is 0.274. The molecule has 0 aliphatic heterocycles. The van der Waals surface area contributed by atoms with Crippen LogP contribution in [0.5, 0.6) is 0 Å². The van der Waals surface area contributed by atoms with E-state index >= 15 is 0 Å². The second-order valence-electron chi connectivity index (χ2n) is 4.93. The number of hydrogen-bond donors (Lipinski definition) is 2. The average Bonchev–Trinajstić information content (AvgIpc) is 2.82. The molecule has 21 heavy (non-hydrogen) atoms. The van der Waals surface area contributed by atoms with Crippen molar-refractivity contribution in [2.75, 3.05) is 7.05 Å². The number of rotatable bonds is 6. The summed E-state index contributed by atoms with van der Waals surface area (Å²) in [6.45, 7) is 2.43. The highest BCUT2D eigenvalue weighted by atomic mass is 32.2. The van der Waals surface area contributed by atoms with E-state index in [2.05, 4.69) is 15.0 Å². The van der Waals surface area contributed by atoms with Gasteiger partial charge in [0.05, 0.1) is 4.90 Å². The molecular formula is C14H20N4O2S. The van der Waals surface area contributed by atoms with Gasteiger partial charge < -0.3 is 9.88 Å². The van der Waals surface area contributed by atoms with Crippen LogP contribution in [-0.2, 0) is 23.6 Å². The molecule has 2 N–H and O–H groups in total. The SMILES string of the molecule is CNCc1cc(S(=O)(=O)NC(C)c2ccncc2)cn1C. The highest BCUT2D eigenvalue weighted by Gasteiger charge is 2.20. The summed E-state index contributed by atoms with van der Waals surface area (Å²) >= 11 is 0. The lowest BCUT2D eigenvalue weighted by Gasteiger charge is -2.13. The molecule has 0 spiro atoms. The lowest BCUT2D eigenvalue weighted by Crippen LogP contribution is -2.26. The smallest absolute Gasteiger partial charge is 0.242 e. The van der Waals surface area contributed by atoms with Crippen LogP contribution >= 0.6 is 0 Å². The molecule has 0 bridgehead atoms. The van der Waals surface area contributed by atoms with E-state index in [-0.39, 0.29) is 10.9 Å². The molecule has 7 heteroatoms. The number of aryl methyl sites for hydroxylation is 1. The number of nitrogens with one attached hydrogen (secondary N) is 2. The Labute approximate surface area is 125 Å². The molecule has 2 heterocycles. The highest BCUT2D eigenvalue weighted by molar-refractivity contribution is 7.89. The van der Waals surface area contributed by atoms with Gasteiger partial charge in [-0.15, -0.1) is 0 Å². The largest absolute Gasteiger partial charge is 0.352 e. The van der Waals surface area contributed by atoms with Gasteiger partial charge >= 0.3 is 0 Å². The summed E-state index contributed by atoms with van der Waals surface area (Å²) in [7, 11) is 0.109. The van der Waals surface area contributed by atoms with Crippen molar-refractivity contribution in [3.8, 4) is 0 Å². The molecule has 1 unspecified atom stereocenters. The van der Waals surface area contributed by atoms with Gasteiger partial charge in [-0.1, -0.05) is 0 Å². The van der Waals surface area contributed by atoms with Crippen LogP contribution in [0.4, 0.5) is 0 Å². The van der Waals surface area contributed by atoms with Gasteiger partial charge in [-0.25, -0.2) is 13.1 Å². The Bertz CT molecular complexity index is 695. The lowest BCUT2D eigenvalue weighted by atomic mass is 10.1. The van der Waals surface area contributed by atoms with Gasteiger partial charge in [0.15, 0.2) is 0 Å². The molecule has 2 rings (SSSR count). The zero-order chi connectivity index (χ0) is 15.5. The van der Waals surface area contributed by atoms with E-state index in [1.54, 1.807) is 36.8 Å². The summed E-state index contributed by atoms with van der Waals surface area (Å²) in [6.07, 6.45) is 4.91. The molecule has 2 aromatic heterocycles. The lowest BCUT2D eigenvalue weighted by molar-refractivity contribution is 0.566. The fourth-order valence-corrected chi connectivity index (χ4v) is 3.43. The van der Waals surface area contributed by atoms with Crippen LogP contribution in [0.1, 0.15) is 24.2 Å². The van der Waals surface area contributed by atoms with E-state index in [4.69, 9.17) is 0 Å². The molecule has 0 amide bonds. The van der Waals surface area contributed by atoms with Crippen molar-refractivity contribution in [1.29, 1.82) is 0 Å². The van der Waals surface area contributed by atoms with Crippen molar-refractivity contribution < 1.29 is 8.42 Å². The van der Waals surface area contributed by atoms with Crippen LogP contribution in [-0.4, -0.2) is 25.0 Å². The van der Waals surface area contributed by atoms with E-state index in [0.29, 0.717) is 6.54 Å². The third kappa shape index (κ3) is 3.69. The molecule has 0 aliphatic carbocycles. The first-order chi connectivity index (χ1) is 9.94. The molecule has 0 saturated carbocycles. The fourth-order valence-electron chi connectivity index (χ4n) is 2.10. The number of sulfonamides is 1. The van der Waals surface area contributed by atoms with Crippen molar-refractivity contribution in [2.45, 2.75) is 24.4 Å². The molecule has 0 radical (unpaired) electrons. The highest BCUT2D eigenvalue weighted by Crippen LogP contribution is 2.18. The maximum atomic E-state index is 12.4. The van der Waals surface area contributed by atoms with Crippen LogP contribution in [0.25, 0.3) is 0 Å². The number of pyridine rings is 1. The summed E-state index contributed by atoms with van der Waals surface area (Å²) in [5, 5.41) is 3.01. The van der Waals surface area contributed by atoms with Gasteiger partial charge in [0.2, 0.25) is 10.0 Å². The van der Waals surface area contributed by atoms with Crippen molar-refractivity contribution in [2.24, 2.45) is 7.05 Å². The number of nitrogens with zero attached hydrogens (tertiary/aromatic N) is 2. The first-order valence-corrected chi connectivity index (χ1v) is 8.14. The zero-order valence-corrected chi connectivity index (χ0v) is 13.2. The van der Waals surface area contributed by atoms with Crippen LogP contribution in [0, 0.1) is 0 Å². The van der Waals surface area contributed by atoms with Crippen molar-refractivity contribution in [3.05, 3.63) is 48.0 Å². The Morgan fingerprint density at radius 3 is 2.62 bits per heavy atom. The van der Waals surface area contributed by atoms with Crippen LogP contribution in [0.3, 0.4) is 0 Å². The molecule has 1 atom stereocenters. The third-order valence-corrected chi connectivity index (χ3v) is 4.80. The predicted molar refractivity (Wildman–Crippen MR) is 81.2 cm³/mol. The minimum atomic E-state index is -3.55. The first-order valence-electron chi connectivity index (χ1n) is 6.66. The van der Waals surface area contributed by atoms with Crippen molar-refractivity contribution >= 4 is 10.0 Å². The molecule has 114 valence electrons. The molecule has 0 aliphatic rings. The van der Waals surface area contributed by atoms with Crippen LogP contribution in [0.15, 0.2) is 41.7 Å². The Balaban J connectivity index is 2.20. The fraction of sp³-hybridized carbons (Fsp3) is 0.357. The Kier molecular flexibility index (Phi) is 4.76. The molecule has 0 saturated heterocycles. The van der Waals surface area contributed by atoms with Gasteiger partial charge in [-0.3, -0.25) is 4.98 Å². The predicted octanol–water partition coefficient (Wildman–Crippen LogP) is 1.18. The summed E-state index contributed by atoms with van der Waals surface area (Å²) < 4.78 is 29.3. The van der Waals surface area contributed by atoms with E-state index < -0.39 is 10.0 Å². The Morgan fingerprint density at radius 2 is 2.00 bits per heavy atom. The van der Waals surface area contributed by atoms with Gasteiger partial charge in [0.1, 0.15) is 0 Å². The van der Waals surface area contributed by atoms with Gasteiger partial charge in [-0.2, -0.15) is 0 Å². The average molecular weight is 308 g/mol. The van der Waals surface area contributed by atoms with E-state index in [0.717, 1.165) is 11.3 Å². The van der Waals surface area contributed by atoms with E-state index in [1.165, 1.54) is 0 Å². The Hall–Kier alpha value is -1.70. The maximum absolute atomic E-state index is 12.4. The van der Waals surface area contributed by atoms with E-state index in [9.17, 15) is 8.42 Å².